The number of hydrogen-bond donors (Lipinski definition) is 1. The minimum atomic E-state index is -1.73. The molecule has 0 bridgehead atoms. The van der Waals surface area contributed by atoms with Crippen molar-refractivity contribution in [2.45, 2.75) is 30.5 Å². The molecule has 1 aliphatic heterocycles. The molecule has 5 rings (SSSR count). The molecule has 0 aromatic heterocycles. The van der Waals surface area contributed by atoms with Crippen molar-refractivity contribution >= 4 is 29.0 Å². The van der Waals surface area contributed by atoms with Crippen LogP contribution in [0.5, 0.6) is 0 Å². The maximum atomic E-state index is 14.0. The maximum Gasteiger partial charge on any atom is 0.332 e. The first-order chi connectivity index (χ1) is 15.9. The lowest BCUT2D eigenvalue weighted by Gasteiger charge is -2.52. The Bertz CT molecular complexity index is 1320. The second-order valence-electron chi connectivity index (χ2n) is 8.34. The van der Waals surface area contributed by atoms with Gasteiger partial charge < -0.3 is 5.11 Å². The van der Waals surface area contributed by atoms with Crippen molar-refractivity contribution in [2.24, 2.45) is 0 Å². The average molecular weight is 455 g/mol. The summed E-state index contributed by atoms with van der Waals surface area (Å²) in [7, 11) is 0. The van der Waals surface area contributed by atoms with E-state index in [1.165, 1.54) is 4.90 Å². The molecule has 1 saturated carbocycles. The van der Waals surface area contributed by atoms with Gasteiger partial charge in [0.15, 0.2) is 5.72 Å². The fourth-order valence-electron chi connectivity index (χ4n) is 5.00. The fraction of sp³-hybridized carbons (Fsp3) is 0.192. The van der Waals surface area contributed by atoms with E-state index in [2.05, 4.69) is 12.1 Å². The summed E-state index contributed by atoms with van der Waals surface area (Å²) >= 11 is 6.09. The molecule has 1 unspecified atom stereocenters. The Hall–Kier alpha value is -3.84. The Kier molecular flexibility index (Phi) is 4.87. The summed E-state index contributed by atoms with van der Waals surface area (Å²) in [6.07, 6.45) is 2.02. The number of amides is 2. The molecule has 3 aromatic carbocycles. The average Bonchev–Trinajstić information content (AvgIpc) is 3.04. The zero-order valence-corrected chi connectivity index (χ0v) is 18.3. The van der Waals surface area contributed by atoms with Crippen LogP contribution in [0.3, 0.4) is 0 Å². The monoisotopic (exact) mass is 454 g/mol. The lowest BCUT2D eigenvalue weighted by molar-refractivity contribution is -0.0524. The van der Waals surface area contributed by atoms with E-state index >= 15 is 0 Å². The SMILES string of the molecule is N#Cc1ccc(N2C(=O)N(c3ccc(Cl)cc3)C3(CCC3)C2(O)c2cccc(C#N)c2)cc1. The molecule has 0 radical (unpaired) electrons. The van der Waals surface area contributed by atoms with Gasteiger partial charge in [-0.05, 0) is 79.9 Å². The van der Waals surface area contributed by atoms with E-state index in [0.29, 0.717) is 45.9 Å². The predicted molar refractivity (Wildman–Crippen MR) is 125 cm³/mol. The number of rotatable bonds is 3. The standard InChI is InChI=1S/C26H19ClN4O2/c27-21-7-11-22(12-8-21)30-24(32)31(23-9-5-18(16-28)6-10-23)26(33,25(30)13-2-14-25)20-4-1-3-19(15-20)17-29/h1,3-12,15,33H,2,13-14H2. The molecule has 2 amide bonds. The zero-order chi connectivity index (χ0) is 23.2. The van der Waals surface area contributed by atoms with Crippen LogP contribution >= 0.6 is 11.6 Å². The minimum absolute atomic E-state index is 0.383. The third kappa shape index (κ3) is 2.93. The highest BCUT2D eigenvalue weighted by molar-refractivity contribution is 6.30. The predicted octanol–water partition coefficient (Wildman–Crippen LogP) is 5.30. The minimum Gasteiger partial charge on any atom is -0.364 e. The van der Waals surface area contributed by atoms with E-state index in [4.69, 9.17) is 11.6 Å². The van der Waals surface area contributed by atoms with Gasteiger partial charge in [0.1, 0.15) is 5.54 Å². The Morgan fingerprint density at radius 3 is 2.03 bits per heavy atom. The number of carbonyl (C=O) groups is 1. The zero-order valence-electron chi connectivity index (χ0n) is 17.6. The van der Waals surface area contributed by atoms with Crippen molar-refractivity contribution in [3.8, 4) is 12.1 Å². The Labute approximate surface area is 196 Å². The summed E-state index contributed by atoms with van der Waals surface area (Å²) in [5, 5.41) is 31.7. The van der Waals surface area contributed by atoms with Gasteiger partial charge in [0.2, 0.25) is 0 Å². The molecule has 7 heteroatoms. The van der Waals surface area contributed by atoms with Gasteiger partial charge in [-0.15, -0.1) is 0 Å². The number of nitriles is 2. The van der Waals surface area contributed by atoms with Gasteiger partial charge in [-0.3, -0.25) is 9.80 Å². The second kappa shape index (κ2) is 7.64. The van der Waals surface area contributed by atoms with Gasteiger partial charge in [-0.2, -0.15) is 10.5 Å². The van der Waals surface area contributed by atoms with Crippen molar-refractivity contribution in [3.05, 3.63) is 94.5 Å². The van der Waals surface area contributed by atoms with Crippen LogP contribution < -0.4 is 9.80 Å². The third-order valence-corrected chi connectivity index (χ3v) is 6.95. The molecule has 33 heavy (non-hydrogen) atoms. The van der Waals surface area contributed by atoms with Gasteiger partial charge in [0.25, 0.3) is 0 Å². The van der Waals surface area contributed by atoms with Crippen LogP contribution in [0, 0.1) is 22.7 Å². The van der Waals surface area contributed by atoms with Crippen molar-refractivity contribution in [1.82, 2.24) is 0 Å². The van der Waals surface area contributed by atoms with E-state index in [9.17, 15) is 20.4 Å². The van der Waals surface area contributed by atoms with Crippen LogP contribution in [0.4, 0.5) is 16.2 Å². The van der Waals surface area contributed by atoms with E-state index < -0.39 is 11.3 Å². The highest BCUT2D eigenvalue weighted by Crippen LogP contribution is 2.59. The first-order valence-corrected chi connectivity index (χ1v) is 11.0. The number of nitrogens with zero attached hydrogens (tertiary/aromatic N) is 4. The van der Waals surface area contributed by atoms with Crippen LogP contribution in [0.25, 0.3) is 0 Å². The summed E-state index contributed by atoms with van der Waals surface area (Å²) in [4.78, 5) is 17.1. The summed E-state index contributed by atoms with van der Waals surface area (Å²) in [6, 6.07) is 24.1. The van der Waals surface area contributed by atoms with E-state index in [1.807, 2.05) is 0 Å². The number of hydrogen-bond acceptors (Lipinski definition) is 4. The molecule has 1 N–H and O–H groups in total. The Morgan fingerprint density at radius 2 is 1.45 bits per heavy atom. The van der Waals surface area contributed by atoms with Gasteiger partial charge in [-0.1, -0.05) is 23.7 Å². The van der Waals surface area contributed by atoms with Crippen molar-refractivity contribution in [3.63, 3.8) is 0 Å². The van der Waals surface area contributed by atoms with E-state index in [-0.39, 0.29) is 6.03 Å². The topological polar surface area (TPSA) is 91.4 Å². The fourth-order valence-corrected chi connectivity index (χ4v) is 5.13. The molecular formula is C26H19ClN4O2. The number of anilines is 2. The van der Waals surface area contributed by atoms with Crippen LogP contribution in [0.15, 0.2) is 72.8 Å². The maximum absolute atomic E-state index is 14.0. The molecular weight excluding hydrogens is 436 g/mol. The van der Waals surface area contributed by atoms with Crippen LogP contribution in [-0.2, 0) is 5.72 Å². The molecule has 6 nitrogen and oxygen atoms in total. The van der Waals surface area contributed by atoms with E-state index in [0.717, 1.165) is 6.42 Å². The number of halogens is 1. The lowest BCUT2D eigenvalue weighted by atomic mass is 9.66. The van der Waals surface area contributed by atoms with Crippen LogP contribution in [0.1, 0.15) is 36.0 Å². The van der Waals surface area contributed by atoms with Crippen molar-refractivity contribution < 1.29 is 9.90 Å². The van der Waals surface area contributed by atoms with Gasteiger partial charge >= 0.3 is 6.03 Å². The summed E-state index contributed by atoms with van der Waals surface area (Å²) < 4.78 is 0. The normalized spacial score (nSPS) is 20.9. The quantitative estimate of drug-likeness (QED) is 0.581. The lowest BCUT2D eigenvalue weighted by Crippen LogP contribution is -2.63. The molecule has 2 aliphatic rings. The van der Waals surface area contributed by atoms with Crippen LogP contribution in [0.2, 0.25) is 5.02 Å². The molecule has 3 aromatic rings. The molecule has 1 heterocycles. The Balaban J connectivity index is 1.76. The number of urea groups is 1. The van der Waals surface area contributed by atoms with Gasteiger partial charge in [0, 0.05) is 22.0 Å². The van der Waals surface area contributed by atoms with Crippen molar-refractivity contribution in [2.75, 3.05) is 9.80 Å². The largest absolute Gasteiger partial charge is 0.364 e. The second-order valence-corrected chi connectivity index (χ2v) is 8.77. The highest BCUT2D eigenvalue weighted by Gasteiger charge is 2.70. The summed E-state index contributed by atoms with van der Waals surface area (Å²) in [6.45, 7) is 0. The Morgan fingerprint density at radius 1 is 0.848 bits per heavy atom. The van der Waals surface area contributed by atoms with Gasteiger partial charge in [0.05, 0.1) is 23.3 Å². The number of benzene rings is 3. The summed E-state index contributed by atoms with van der Waals surface area (Å²) in [5.74, 6) is 0. The molecule has 1 atom stereocenters. The third-order valence-electron chi connectivity index (χ3n) is 6.70. The summed E-state index contributed by atoms with van der Waals surface area (Å²) in [5.41, 5.74) is -0.249. The highest BCUT2D eigenvalue weighted by atomic mass is 35.5. The molecule has 1 aliphatic carbocycles. The van der Waals surface area contributed by atoms with Crippen molar-refractivity contribution in [1.29, 1.82) is 10.5 Å². The molecule has 1 saturated heterocycles. The smallest absolute Gasteiger partial charge is 0.332 e. The van der Waals surface area contributed by atoms with Crippen LogP contribution in [-0.4, -0.2) is 16.7 Å². The number of carbonyl (C=O) groups excluding carboxylic acids is 1. The van der Waals surface area contributed by atoms with Gasteiger partial charge in [-0.25, -0.2) is 4.79 Å². The molecule has 1 spiro atoms. The molecule has 162 valence electrons. The number of aliphatic hydroxyl groups is 1. The van der Waals surface area contributed by atoms with E-state index in [1.54, 1.807) is 77.7 Å². The first-order valence-electron chi connectivity index (χ1n) is 10.6. The first kappa shape index (κ1) is 21.0. The molecule has 2 fully saturated rings.